The number of morpholine rings is 1. The zero-order valence-electron chi connectivity index (χ0n) is 10.5. The molecule has 3 nitrogen and oxygen atoms in total. The molecule has 1 heterocycles. The van der Waals surface area contributed by atoms with E-state index >= 15 is 0 Å². The maximum atomic E-state index is 6.36. The van der Waals surface area contributed by atoms with Crippen molar-refractivity contribution in [1.82, 2.24) is 4.90 Å². The summed E-state index contributed by atoms with van der Waals surface area (Å²) >= 11 is 0. The Kier molecular flexibility index (Phi) is 4.62. The number of nitrogens with zero attached hydrogens (tertiary/aromatic N) is 1. The molecule has 2 unspecified atom stereocenters. The fraction of sp³-hybridized carbons (Fsp3) is 1.00. The van der Waals surface area contributed by atoms with Crippen LogP contribution in [-0.2, 0) is 4.74 Å². The van der Waals surface area contributed by atoms with E-state index in [2.05, 4.69) is 11.8 Å². The summed E-state index contributed by atoms with van der Waals surface area (Å²) in [6.45, 7) is 6.43. The molecule has 16 heavy (non-hydrogen) atoms. The van der Waals surface area contributed by atoms with Gasteiger partial charge in [-0.2, -0.15) is 0 Å². The van der Waals surface area contributed by atoms with Gasteiger partial charge in [0.2, 0.25) is 0 Å². The van der Waals surface area contributed by atoms with Gasteiger partial charge in [0, 0.05) is 19.1 Å². The molecule has 2 N–H and O–H groups in total. The average molecular weight is 226 g/mol. The molecule has 2 aliphatic rings. The lowest BCUT2D eigenvalue weighted by atomic mass is 9.93. The maximum Gasteiger partial charge on any atom is 0.0855 e. The van der Waals surface area contributed by atoms with Crippen molar-refractivity contribution in [1.29, 1.82) is 0 Å². The highest BCUT2D eigenvalue weighted by Crippen LogP contribution is 2.29. The lowest BCUT2D eigenvalue weighted by Crippen LogP contribution is -2.52. The monoisotopic (exact) mass is 226 g/mol. The minimum Gasteiger partial charge on any atom is -0.374 e. The molecule has 1 saturated carbocycles. The Bertz CT molecular complexity index is 202. The Labute approximate surface area is 99.3 Å². The van der Waals surface area contributed by atoms with E-state index in [0.29, 0.717) is 5.92 Å². The standard InChI is InChI=1S/C13H26N2O/c1-2-7-15-8-9-16-12(10-15)13(14)11-5-3-4-6-11/h11-13H,2-10,14H2,1H3. The molecule has 94 valence electrons. The molecule has 0 aromatic heterocycles. The number of ether oxygens (including phenoxy) is 1. The summed E-state index contributed by atoms with van der Waals surface area (Å²) in [4.78, 5) is 2.50. The molecule has 0 aromatic carbocycles. The summed E-state index contributed by atoms with van der Waals surface area (Å²) in [5, 5.41) is 0. The van der Waals surface area contributed by atoms with Crippen molar-refractivity contribution < 1.29 is 4.74 Å². The van der Waals surface area contributed by atoms with E-state index in [0.717, 1.165) is 19.7 Å². The number of rotatable bonds is 4. The minimum absolute atomic E-state index is 0.266. The van der Waals surface area contributed by atoms with Crippen molar-refractivity contribution in [2.75, 3.05) is 26.2 Å². The lowest BCUT2D eigenvalue weighted by Gasteiger charge is -2.37. The Balaban J connectivity index is 1.82. The molecule has 1 aliphatic carbocycles. The first-order valence-electron chi connectivity index (χ1n) is 6.90. The van der Waals surface area contributed by atoms with E-state index in [4.69, 9.17) is 10.5 Å². The van der Waals surface area contributed by atoms with Gasteiger partial charge in [-0.15, -0.1) is 0 Å². The molecule has 2 atom stereocenters. The third kappa shape index (κ3) is 2.96. The number of hydrogen-bond donors (Lipinski definition) is 1. The third-order valence-electron chi connectivity index (χ3n) is 4.09. The molecule has 0 aromatic rings. The van der Waals surface area contributed by atoms with Crippen molar-refractivity contribution in [3.63, 3.8) is 0 Å². The van der Waals surface area contributed by atoms with Gasteiger partial charge in [0.15, 0.2) is 0 Å². The number of nitrogens with two attached hydrogens (primary N) is 1. The van der Waals surface area contributed by atoms with Gasteiger partial charge in [-0.25, -0.2) is 0 Å². The first kappa shape index (κ1) is 12.3. The van der Waals surface area contributed by atoms with Crippen LogP contribution in [-0.4, -0.2) is 43.3 Å². The van der Waals surface area contributed by atoms with Gasteiger partial charge in [0.25, 0.3) is 0 Å². The van der Waals surface area contributed by atoms with Crippen molar-refractivity contribution in [2.45, 2.75) is 51.2 Å². The van der Waals surface area contributed by atoms with Crippen molar-refractivity contribution in [3.05, 3.63) is 0 Å². The zero-order chi connectivity index (χ0) is 11.4. The zero-order valence-corrected chi connectivity index (χ0v) is 10.5. The molecule has 3 heteroatoms. The van der Waals surface area contributed by atoms with Gasteiger partial charge < -0.3 is 10.5 Å². The fourth-order valence-electron chi connectivity index (χ4n) is 3.13. The van der Waals surface area contributed by atoms with Crippen LogP contribution in [0.25, 0.3) is 0 Å². The first-order chi connectivity index (χ1) is 7.81. The largest absolute Gasteiger partial charge is 0.374 e. The van der Waals surface area contributed by atoms with E-state index in [-0.39, 0.29) is 12.1 Å². The number of hydrogen-bond acceptors (Lipinski definition) is 3. The predicted octanol–water partition coefficient (Wildman–Crippen LogP) is 1.61. The molecule has 1 saturated heterocycles. The maximum absolute atomic E-state index is 6.36. The van der Waals surface area contributed by atoms with Crippen molar-refractivity contribution >= 4 is 0 Å². The van der Waals surface area contributed by atoms with Crippen LogP contribution in [0.3, 0.4) is 0 Å². The summed E-state index contributed by atoms with van der Waals surface area (Å²) in [6, 6.07) is 0.266. The Hall–Kier alpha value is -0.120. The second-order valence-electron chi connectivity index (χ2n) is 5.33. The normalized spacial score (nSPS) is 30.8. The molecule has 0 radical (unpaired) electrons. The van der Waals surface area contributed by atoms with E-state index in [1.54, 1.807) is 0 Å². The van der Waals surface area contributed by atoms with Crippen LogP contribution in [0.1, 0.15) is 39.0 Å². The van der Waals surface area contributed by atoms with Crippen LogP contribution < -0.4 is 5.73 Å². The van der Waals surface area contributed by atoms with Crippen molar-refractivity contribution in [2.24, 2.45) is 11.7 Å². The molecular formula is C13H26N2O. The minimum atomic E-state index is 0.266. The quantitative estimate of drug-likeness (QED) is 0.791. The van der Waals surface area contributed by atoms with Gasteiger partial charge in [0.05, 0.1) is 12.7 Å². The topological polar surface area (TPSA) is 38.5 Å². The fourth-order valence-corrected chi connectivity index (χ4v) is 3.13. The predicted molar refractivity (Wildman–Crippen MR) is 66.4 cm³/mol. The smallest absolute Gasteiger partial charge is 0.0855 e. The average Bonchev–Trinajstić information content (AvgIpc) is 2.82. The van der Waals surface area contributed by atoms with Gasteiger partial charge >= 0.3 is 0 Å². The molecule has 2 fully saturated rings. The Morgan fingerprint density at radius 2 is 2.12 bits per heavy atom. The second-order valence-corrected chi connectivity index (χ2v) is 5.33. The Morgan fingerprint density at radius 3 is 2.81 bits per heavy atom. The summed E-state index contributed by atoms with van der Waals surface area (Å²) in [5.74, 6) is 0.714. The summed E-state index contributed by atoms with van der Waals surface area (Å²) in [5.41, 5.74) is 6.36. The highest BCUT2D eigenvalue weighted by atomic mass is 16.5. The van der Waals surface area contributed by atoms with Crippen LogP contribution in [0, 0.1) is 5.92 Å². The second kappa shape index (κ2) is 5.99. The molecule has 0 amide bonds. The SMILES string of the molecule is CCCN1CCOC(C(N)C2CCCC2)C1. The van der Waals surface area contributed by atoms with Gasteiger partial charge in [-0.05, 0) is 31.7 Å². The third-order valence-corrected chi connectivity index (χ3v) is 4.09. The van der Waals surface area contributed by atoms with Gasteiger partial charge in [0.1, 0.15) is 0 Å². The molecular weight excluding hydrogens is 200 g/mol. The summed E-state index contributed by atoms with van der Waals surface area (Å²) < 4.78 is 5.86. The Morgan fingerprint density at radius 1 is 1.38 bits per heavy atom. The van der Waals surface area contributed by atoms with E-state index < -0.39 is 0 Å². The highest BCUT2D eigenvalue weighted by Gasteiger charge is 2.32. The van der Waals surface area contributed by atoms with Crippen LogP contribution in [0.5, 0.6) is 0 Å². The van der Waals surface area contributed by atoms with Crippen LogP contribution in [0.2, 0.25) is 0 Å². The molecule has 0 bridgehead atoms. The highest BCUT2D eigenvalue weighted by molar-refractivity contribution is 4.87. The summed E-state index contributed by atoms with van der Waals surface area (Å²) in [6.07, 6.45) is 6.87. The van der Waals surface area contributed by atoms with E-state index in [1.165, 1.54) is 38.6 Å². The van der Waals surface area contributed by atoms with Crippen molar-refractivity contribution in [3.8, 4) is 0 Å². The first-order valence-corrected chi connectivity index (χ1v) is 6.90. The van der Waals surface area contributed by atoms with Crippen LogP contribution in [0.15, 0.2) is 0 Å². The van der Waals surface area contributed by atoms with Crippen LogP contribution >= 0.6 is 0 Å². The van der Waals surface area contributed by atoms with Gasteiger partial charge in [-0.3, -0.25) is 4.90 Å². The van der Waals surface area contributed by atoms with E-state index in [9.17, 15) is 0 Å². The lowest BCUT2D eigenvalue weighted by molar-refractivity contribution is -0.0487. The van der Waals surface area contributed by atoms with E-state index in [1.807, 2.05) is 0 Å². The molecule has 1 aliphatic heterocycles. The molecule has 0 spiro atoms. The van der Waals surface area contributed by atoms with Crippen LogP contribution in [0.4, 0.5) is 0 Å². The van der Waals surface area contributed by atoms with Gasteiger partial charge in [-0.1, -0.05) is 19.8 Å². The summed E-state index contributed by atoms with van der Waals surface area (Å²) in [7, 11) is 0. The molecule has 2 rings (SSSR count).